The van der Waals surface area contributed by atoms with Gasteiger partial charge in [0, 0.05) is 11.6 Å². The second kappa shape index (κ2) is 8.56. The first-order valence-corrected chi connectivity index (χ1v) is 10.2. The van der Waals surface area contributed by atoms with Crippen LogP contribution in [0.1, 0.15) is 6.92 Å². The summed E-state index contributed by atoms with van der Waals surface area (Å²) in [6, 6.07) is 4.07. The molecule has 0 aliphatic heterocycles. The number of anilines is 1. The minimum Gasteiger partial charge on any atom is -0.784 e. The smallest absolute Gasteiger partial charge is 0.784 e. The molecule has 0 aromatic heterocycles. The van der Waals surface area contributed by atoms with Crippen LogP contribution in [0.3, 0.4) is 0 Å². The van der Waals surface area contributed by atoms with Crippen LogP contribution in [-0.4, -0.2) is 21.3 Å². The fourth-order valence-electron chi connectivity index (χ4n) is 1.34. The van der Waals surface area contributed by atoms with Crippen LogP contribution < -0.4 is 60.4 Å². The van der Waals surface area contributed by atoms with Crippen LogP contribution in [0.15, 0.2) is 18.2 Å². The van der Waals surface area contributed by atoms with E-state index in [9.17, 15) is 13.3 Å². The second-order valence-electron chi connectivity index (χ2n) is 3.49. The van der Waals surface area contributed by atoms with E-state index in [2.05, 4.69) is 0 Å². The van der Waals surface area contributed by atoms with Crippen molar-refractivity contribution < 1.29 is 69.2 Å². The molecule has 5 nitrogen and oxygen atoms in total. The monoisotopic (exact) mass is 401 g/mol. The maximum absolute atomic E-state index is 12.2. The minimum atomic E-state index is -3.99. The largest absolute Gasteiger partial charge is 1.00 e. The van der Waals surface area contributed by atoms with Crippen LogP contribution in [-0.2, 0) is 26.4 Å². The van der Waals surface area contributed by atoms with E-state index in [1.54, 1.807) is 6.92 Å². The minimum absolute atomic E-state index is 0. The molecule has 20 heavy (non-hydrogen) atoms. The average Bonchev–Trinajstić information content (AvgIpc) is 2.19. The molecule has 1 aromatic carbocycles. The molecule has 1 atom stereocenters. The first-order valence-electron chi connectivity index (χ1n) is 5.01. The van der Waals surface area contributed by atoms with Gasteiger partial charge in [-0.3, -0.25) is 0 Å². The maximum Gasteiger partial charge on any atom is 1.00 e. The molecule has 11 heteroatoms. The molecule has 1 aromatic rings. The van der Waals surface area contributed by atoms with E-state index in [1.807, 2.05) is 0 Å². The molecule has 0 heterocycles. The van der Waals surface area contributed by atoms with E-state index < -0.39 is 16.7 Å². The standard InChI is InChI=1S/C9H12Cl2NO4PS2.K/c1-3-16-17(13,18)12(19(2,14)15)9-5-4-7(10)6-8(9)11;/h4-6H,3H2,1-2H3,(H,13,18);/q;+1/p-1. The first kappa shape index (κ1) is 21.8. The van der Waals surface area contributed by atoms with Gasteiger partial charge in [0.15, 0.2) is 0 Å². The molecule has 0 saturated heterocycles. The molecule has 1 unspecified atom stereocenters. The van der Waals surface area contributed by atoms with E-state index >= 15 is 0 Å². The summed E-state index contributed by atoms with van der Waals surface area (Å²) in [5, 5.41) is 0.334. The Morgan fingerprint density at radius 1 is 1.45 bits per heavy atom. The van der Waals surface area contributed by atoms with Crippen molar-refractivity contribution in [1.82, 2.24) is 0 Å². The second-order valence-corrected chi connectivity index (χ2v) is 9.41. The Bertz CT molecular complexity index is 628. The summed E-state index contributed by atoms with van der Waals surface area (Å²) < 4.78 is 29.0. The number of hydrogen-bond donors (Lipinski definition) is 0. The first-order chi connectivity index (χ1) is 8.59. The van der Waals surface area contributed by atoms with Crippen molar-refractivity contribution in [1.29, 1.82) is 0 Å². The third-order valence-electron chi connectivity index (χ3n) is 1.94. The van der Waals surface area contributed by atoms with Gasteiger partial charge in [0.1, 0.15) is 0 Å². The Hall–Kier alpha value is 1.76. The van der Waals surface area contributed by atoms with Gasteiger partial charge >= 0.3 is 51.4 Å². The quantitative estimate of drug-likeness (QED) is 0.485. The third-order valence-corrected chi connectivity index (χ3v) is 7.20. The Morgan fingerprint density at radius 3 is 2.40 bits per heavy atom. The third kappa shape index (κ3) is 5.75. The summed E-state index contributed by atoms with van der Waals surface area (Å²) in [5.41, 5.74) is -0.0275. The van der Waals surface area contributed by atoms with Crippen molar-refractivity contribution >= 4 is 57.4 Å². The molecular formula is C9H11Cl2KNO4PS2. The number of rotatable bonds is 5. The molecule has 1 rings (SSSR count). The number of benzene rings is 1. The number of nitrogens with zero attached hydrogens (tertiary/aromatic N) is 1. The molecule has 0 saturated carbocycles. The summed E-state index contributed by atoms with van der Waals surface area (Å²) in [7, 11) is -3.92. The van der Waals surface area contributed by atoms with Crippen LogP contribution in [0.2, 0.25) is 10.0 Å². The van der Waals surface area contributed by atoms with Gasteiger partial charge in [-0.15, -0.1) is 0 Å². The summed E-state index contributed by atoms with van der Waals surface area (Å²) in [4.78, 5) is 12.2. The van der Waals surface area contributed by atoms with Gasteiger partial charge in [-0.05, 0) is 25.1 Å². The van der Waals surface area contributed by atoms with Crippen molar-refractivity contribution in [3.8, 4) is 0 Å². The van der Waals surface area contributed by atoms with Crippen molar-refractivity contribution in [2.24, 2.45) is 0 Å². The van der Waals surface area contributed by atoms with Gasteiger partial charge in [0.05, 0.1) is 23.6 Å². The number of sulfonamides is 1. The average molecular weight is 402 g/mol. The van der Waals surface area contributed by atoms with Gasteiger partial charge in [0.25, 0.3) is 0 Å². The van der Waals surface area contributed by atoms with Crippen LogP contribution >= 0.6 is 29.8 Å². The van der Waals surface area contributed by atoms with Crippen LogP contribution in [0.5, 0.6) is 0 Å². The van der Waals surface area contributed by atoms with E-state index in [1.165, 1.54) is 18.2 Å². The molecule has 108 valence electrons. The predicted octanol–water partition coefficient (Wildman–Crippen LogP) is -0.615. The predicted molar refractivity (Wildman–Crippen MR) is 79.7 cm³/mol. The van der Waals surface area contributed by atoms with E-state index in [4.69, 9.17) is 39.5 Å². The van der Waals surface area contributed by atoms with Crippen molar-refractivity contribution in [3.63, 3.8) is 0 Å². The van der Waals surface area contributed by atoms with E-state index in [0.717, 1.165) is 6.26 Å². The molecule has 0 amide bonds. The zero-order chi connectivity index (χ0) is 14.8. The molecule has 0 radical (unpaired) electrons. The number of halogens is 2. The van der Waals surface area contributed by atoms with Crippen LogP contribution in [0.4, 0.5) is 5.69 Å². The maximum atomic E-state index is 12.2. The summed E-state index contributed by atoms with van der Waals surface area (Å²) in [6.07, 6.45) is 0.871. The molecule has 0 fully saturated rings. The zero-order valence-corrected chi connectivity index (χ0v) is 18.2. The summed E-state index contributed by atoms with van der Waals surface area (Å²) >= 11 is 16.4. The van der Waals surface area contributed by atoms with Gasteiger partial charge < -0.3 is 9.42 Å². The molecule has 0 aliphatic carbocycles. The van der Waals surface area contributed by atoms with Crippen molar-refractivity contribution in [3.05, 3.63) is 28.2 Å². The summed E-state index contributed by atoms with van der Waals surface area (Å²) in [5.74, 6) is 0. The molecule has 0 N–H and O–H groups in total. The van der Waals surface area contributed by atoms with Crippen LogP contribution in [0, 0.1) is 0 Å². The Labute approximate surface area is 176 Å². The zero-order valence-electron chi connectivity index (χ0n) is 11.0. The van der Waals surface area contributed by atoms with Gasteiger partial charge in [-0.1, -0.05) is 35.0 Å². The Kier molecular flexibility index (Phi) is 9.32. The topological polar surface area (TPSA) is 69.7 Å². The fraction of sp³-hybridized carbons (Fsp3) is 0.333. The molecule has 0 aliphatic rings. The molecule has 0 spiro atoms. The SMILES string of the molecule is CCOP([O-])(=S)N(c1ccc(Cl)cc1Cl)S(C)(=O)=O.[K+]. The molecular weight excluding hydrogens is 391 g/mol. The normalized spacial score (nSPS) is 14.2. The van der Waals surface area contributed by atoms with E-state index in [0.29, 0.717) is 9.10 Å². The van der Waals surface area contributed by atoms with Gasteiger partial charge in [0.2, 0.25) is 10.0 Å². The van der Waals surface area contributed by atoms with E-state index in [-0.39, 0.29) is 68.7 Å². The van der Waals surface area contributed by atoms with Crippen molar-refractivity contribution in [2.75, 3.05) is 16.9 Å². The Morgan fingerprint density at radius 2 is 2.00 bits per heavy atom. The van der Waals surface area contributed by atoms with Crippen LogP contribution in [0.25, 0.3) is 0 Å². The number of hydrogen-bond acceptors (Lipinski definition) is 5. The van der Waals surface area contributed by atoms with Crippen molar-refractivity contribution in [2.45, 2.75) is 6.92 Å². The summed E-state index contributed by atoms with van der Waals surface area (Å²) in [6.45, 7) is -2.42. The Balaban J connectivity index is 0.00000361. The van der Waals surface area contributed by atoms with Gasteiger partial charge in [-0.2, -0.15) is 0 Å². The van der Waals surface area contributed by atoms with Gasteiger partial charge in [-0.25, -0.2) is 12.5 Å². The fourth-order valence-corrected chi connectivity index (χ4v) is 6.60. The molecule has 0 bridgehead atoms.